The number of phenols is 2. The van der Waals surface area contributed by atoms with Gasteiger partial charge in [-0.25, -0.2) is 0 Å². The Hall–Kier alpha value is -2.52. The molecule has 0 spiro atoms. The van der Waals surface area contributed by atoms with Crippen LogP contribution < -0.4 is 11.5 Å². The third-order valence-corrected chi connectivity index (χ3v) is 3.18. The minimum atomic E-state index is -0.863. The Balaban J connectivity index is 0.000000240. The molecule has 0 aliphatic heterocycles. The number of carbonyl (C=O) groups is 2. The highest BCUT2D eigenvalue weighted by molar-refractivity contribution is 6.46. The predicted molar refractivity (Wildman–Crippen MR) is 86.1 cm³/mol. The van der Waals surface area contributed by atoms with Gasteiger partial charge in [-0.15, -0.1) is 0 Å². The van der Waals surface area contributed by atoms with E-state index in [4.69, 9.17) is 21.7 Å². The first-order chi connectivity index (χ1) is 11.3. The lowest BCUT2D eigenvalue weighted by Crippen LogP contribution is -2.24. The van der Waals surface area contributed by atoms with E-state index in [2.05, 4.69) is 0 Å². The zero-order chi connectivity index (χ0) is 18.3. The Labute approximate surface area is 138 Å². The lowest BCUT2D eigenvalue weighted by atomic mass is 10.0. The highest BCUT2D eigenvalue weighted by atomic mass is 16.3. The summed E-state index contributed by atoms with van der Waals surface area (Å²) in [5.74, 6) is -1.63. The van der Waals surface area contributed by atoms with Gasteiger partial charge in [0, 0.05) is 13.1 Å². The Morgan fingerprint density at radius 1 is 0.875 bits per heavy atom. The molecule has 0 heterocycles. The van der Waals surface area contributed by atoms with E-state index >= 15 is 0 Å². The third kappa shape index (κ3) is 5.28. The summed E-state index contributed by atoms with van der Waals surface area (Å²) in [6, 6.07) is 4.10. The van der Waals surface area contributed by atoms with E-state index in [1.807, 2.05) is 0 Å². The fraction of sp³-hybridized carbons (Fsp3) is 0.250. The lowest BCUT2D eigenvalue weighted by Gasteiger charge is -2.10. The summed E-state index contributed by atoms with van der Waals surface area (Å²) in [6.45, 7) is 0.127. The Morgan fingerprint density at radius 2 is 1.50 bits per heavy atom. The van der Waals surface area contributed by atoms with Crippen molar-refractivity contribution in [2.75, 3.05) is 13.1 Å². The number of aromatic hydroxyl groups is 2. The van der Waals surface area contributed by atoms with Crippen LogP contribution in [0.4, 0.5) is 0 Å². The second-order valence-corrected chi connectivity index (χ2v) is 4.96. The summed E-state index contributed by atoms with van der Waals surface area (Å²) in [4.78, 5) is 21.5. The molecular formula is C16H20N2O6. The largest absolute Gasteiger partial charge is 0.504 e. The molecule has 130 valence electrons. The standard InChI is InChI=1S/C8H11NO3.C8H9NO3/c2*9-4-8(12)5-1-2-6(10)7(11)3-5/h1-3,8,10-12H,4,9H2;1-3,8,12H,4,9H2/t2*8-/m00/s1. The van der Waals surface area contributed by atoms with Crippen LogP contribution in [0.2, 0.25) is 0 Å². The topological polar surface area (TPSA) is 167 Å². The van der Waals surface area contributed by atoms with Gasteiger partial charge in [0.1, 0.15) is 0 Å². The molecule has 1 aliphatic rings. The van der Waals surface area contributed by atoms with Gasteiger partial charge >= 0.3 is 0 Å². The number of hydrogen-bond acceptors (Lipinski definition) is 8. The first kappa shape index (κ1) is 19.5. The van der Waals surface area contributed by atoms with Crippen molar-refractivity contribution in [2.45, 2.75) is 12.2 Å². The molecule has 24 heavy (non-hydrogen) atoms. The van der Waals surface area contributed by atoms with Crippen molar-refractivity contribution < 1.29 is 30.0 Å². The first-order valence-electron chi connectivity index (χ1n) is 7.06. The average molecular weight is 336 g/mol. The van der Waals surface area contributed by atoms with Crippen LogP contribution >= 0.6 is 0 Å². The van der Waals surface area contributed by atoms with E-state index in [1.54, 1.807) is 0 Å². The number of aliphatic hydroxyl groups is 2. The fourth-order valence-corrected chi connectivity index (χ4v) is 1.75. The second kappa shape index (κ2) is 8.94. The molecule has 0 radical (unpaired) electrons. The zero-order valence-corrected chi connectivity index (χ0v) is 12.8. The molecule has 0 unspecified atom stereocenters. The van der Waals surface area contributed by atoms with E-state index in [-0.39, 0.29) is 24.6 Å². The van der Waals surface area contributed by atoms with Gasteiger partial charge < -0.3 is 31.9 Å². The van der Waals surface area contributed by atoms with Crippen molar-refractivity contribution in [2.24, 2.45) is 11.5 Å². The molecule has 0 bridgehead atoms. The molecule has 2 atom stereocenters. The fourth-order valence-electron chi connectivity index (χ4n) is 1.75. The molecule has 0 fully saturated rings. The van der Waals surface area contributed by atoms with E-state index in [1.165, 1.54) is 24.3 Å². The summed E-state index contributed by atoms with van der Waals surface area (Å²) in [5, 5.41) is 36.4. The number of aliphatic hydroxyl groups excluding tert-OH is 2. The average Bonchev–Trinajstić information content (AvgIpc) is 2.58. The van der Waals surface area contributed by atoms with Gasteiger partial charge in [-0.2, -0.15) is 0 Å². The number of rotatable bonds is 4. The predicted octanol–water partition coefficient (Wildman–Crippen LogP) is -0.970. The van der Waals surface area contributed by atoms with Crippen molar-refractivity contribution >= 4 is 11.6 Å². The Bertz CT molecular complexity index is 669. The smallest absolute Gasteiger partial charge is 0.226 e. The maximum absolute atomic E-state index is 10.8. The van der Waals surface area contributed by atoms with E-state index in [0.29, 0.717) is 11.1 Å². The molecule has 0 saturated heterocycles. The Kier molecular flexibility index (Phi) is 7.28. The third-order valence-electron chi connectivity index (χ3n) is 3.18. The lowest BCUT2D eigenvalue weighted by molar-refractivity contribution is -0.131. The molecule has 2 rings (SSSR count). The highest BCUT2D eigenvalue weighted by Crippen LogP contribution is 2.27. The molecule has 1 aliphatic carbocycles. The summed E-state index contributed by atoms with van der Waals surface area (Å²) in [7, 11) is 0. The van der Waals surface area contributed by atoms with Crippen LogP contribution in [0, 0.1) is 0 Å². The molecule has 1 aromatic rings. The number of allylic oxidation sites excluding steroid dienone is 2. The van der Waals surface area contributed by atoms with Gasteiger partial charge in [0.05, 0.1) is 12.2 Å². The van der Waals surface area contributed by atoms with E-state index in [0.717, 1.165) is 12.2 Å². The summed E-state index contributed by atoms with van der Waals surface area (Å²) in [5.41, 5.74) is 11.2. The van der Waals surface area contributed by atoms with Crippen molar-refractivity contribution in [3.05, 3.63) is 47.6 Å². The van der Waals surface area contributed by atoms with Crippen LogP contribution in [0.25, 0.3) is 0 Å². The molecule has 0 saturated carbocycles. The number of ketones is 2. The van der Waals surface area contributed by atoms with Crippen LogP contribution in [0.5, 0.6) is 11.5 Å². The van der Waals surface area contributed by atoms with Crippen LogP contribution in [-0.2, 0) is 9.59 Å². The van der Waals surface area contributed by atoms with Crippen molar-refractivity contribution in [1.82, 2.24) is 0 Å². The van der Waals surface area contributed by atoms with Crippen LogP contribution in [-0.4, -0.2) is 51.2 Å². The molecule has 8 N–H and O–H groups in total. The number of nitrogens with two attached hydrogens (primary N) is 2. The van der Waals surface area contributed by atoms with Gasteiger partial charge in [-0.3, -0.25) is 9.59 Å². The maximum atomic E-state index is 10.8. The van der Waals surface area contributed by atoms with Crippen molar-refractivity contribution in [1.29, 1.82) is 0 Å². The number of carbonyl (C=O) groups excluding carboxylic acids is 2. The number of phenolic OH excluding ortho intramolecular Hbond substituents is 2. The van der Waals surface area contributed by atoms with E-state index < -0.39 is 23.8 Å². The number of benzene rings is 1. The molecule has 8 nitrogen and oxygen atoms in total. The normalized spacial score (nSPS) is 16.1. The van der Waals surface area contributed by atoms with Gasteiger partial charge in [0.15, 0.2) is 11.5 Å². The quantitative estimate of drug-likeness (QED) is 0.232. The molecule has 0 aromatic heterocycles. The minimum Gasteiger partial charge on any atom is -0.504 e. The molecule has 8 heteroatoms. The van der Waals surface area contributed by atoms with Crippen molar-refractivity contribution in [3.63, 3.8) is 0 Å². The van der Waals surface area contributed by atoms with Gasteiger partial charge in [0.25, 0.3) is 0 Å². The first-order valence-corrected chi connectivity index (χ1v) is 7.06. The molecule has 1 aromatic carbocycles. The van der Waals surface area contributed by atoms with Gasteiger partial charge in [-0.05, 0) is 35.4 Å². The minimum absolute atomic E-state index is 0.0393. The summed E-state index contributed by atoms with van der Waals surface area (Å²) >= 11 is 0. The summed E-state index contributed by atoms with van der Waals surface area (Å²) in [6.07, 6.45) is 1.99. The van der Waals surface area contributed by atoms with Crippen LogP contribution in [0.3, 0.4) is 0 Å². The SMILES string of the molecule is NC[C@H](O)C1=CC(=O)C(=O)C=C1.NC[C@H](O)c1ccc(O)c(O)c1. The monoisotopic (exact) mass is 336 g/mol. The summed E-state index contributed by atoms with van der Waals surface area (Å²) < 4.78 is 0. The second-order valence-electron chi connectivity index (χ2n) is 4.96. The van der Waals surface area contributed by atoms with Gasteiger partial charge in [-0.1, -0.05) is 12.1 Å². The zero-order valence-electron chi connectivity index (χ0n) is 12.8. The molecular weight excluding hydrogens is 316 g/mol. The van der Waals surface area contributed by atoms with E-state index in [9.17, 15) is 19.8 Å². The highest BCUT2D eigenvalue weighted by Gasteiger charge is 2.16. The van der Waals surface area contributed by atoms with Crippen molar-refractivity contribution in [3.8, 4) is 11.5 Å². The Morgan fingerprint density at radius 3 is 2.00 bits per heavy atom. The van der Waals surface area contributed by atoms with Crippen LogP contribution in [0.15, 0.2) is 42.0 Å². The maximum Gasteiger partial charge on any atom is 0.226 e. The number of hydrogen-bond donors (Lipinski definition) is 6. The molecule has 0 amide bonds. The van der Waals surface area contributed by atoms with Gasteiger partial charge in [0.2, 0.25) is 11.6 Å². The van der Waals surface area contributed by atoms with Crippen LogP contribution in [0.1, 0.15) is 11.7 Å².